The summed E-state index contributed by atoms with van der Waals surface area (Å²) in [6, 6.07) is 0.707. The van der Waals surface area contributed by atoms with Crippen molar-refractivity contribution < 1.29 is 0 Å². The topological polar surface area (TPSA) is 24.1 Å². The Morgan fingerprint density at radius 1 is 1.60 bits per heavy atom. The highest BCUT2D eigenvalue weighted by molar-refractivity contribution is 4.79. The first kappa shape index (κ1) is 8.02. The predicted octanol–water partition coefficient (Wildman–Crippen LogP) is 0.594. The van der Waals surface area contributed by atoms with Gasteiger partial charge < -0.3 is 10.6 Å². The van der Waals surface area contributed by atoms with Crippen molar-refractivity contribution in [3.05, 3.63) is 0 Å². The lowest BCUT2D eigenvalue weighted by Crippen LogP contribution is -2.45. The second-order valence-corrected chi connectivity index (χ2v) is 3.24. The summed E-state index contributed by atoms with van der Waals surface area (Å²) in [6.45, 7) is 4.64. The average molecular weight is 142 g/mol. The molecule has 1 saturated heterocycles. The quantitative estimate of drug-likeness (QED) is 0.590. The van der Waals surface area contributed by atoms with E-state index in [0.717, 1.165) is 12.5 Å². The van der Waals surface area contributed by atoms with Crippen LogP contribution >= 0.6 is 0 Å². The van der Waals surface area contributed by atoms with Crippen LogP contribution in [-0.2, 0) is 0 Å². The first-order chi connectivity index (χ1) is 4.84. The summed E-state index contributed by atoms with van der Waals surface area (Å²) < 4.78 is 0. The summed E-state index contributed by atoms with van der Waals surface area (Å²) in [4.78, 5) is 0. The maximum Gasteiger partial charge on any atom is 0.0217 e. The van der Waals surface area contributed by atoms with Crippen LogP contribution in [0, 0.1) is 5.92 Å². The first-order valence-electron chi connectivity index (χ1n) is 4.22. The van der Waals surface area contributed by atoms with E-state index < -0.39 is 0 Å². The summed E-state index contributed by atoms with van der Waals surface area (Å²) >= 11 is 0. The van der Waals surface area contributed by atoms with Crippen molar-refractivity contribution in [1.82, 2.24) is 10.6 Å². The lowest BCUT2D eigenvalue weighted by molar-refractivity contribution is 0.295. The van der Waals surface area contributed by atoms with Crippen LogP contribution in [0.25, 0.3) is 0 Å². The van der Waals surface area contributed by atoms with E-state index >= 15 is 0 Å². The Kier molecular flexibility index (Phi) is 3.16. The van der Waals surface area contributed by atoms with Crippen molar-refractivity contribution in [3.63, 3.8) is 0 Å². The molecule has 0 aromatic rings. The van der Waals surface area contributed by atoms with Crippen LogP contribution in [0.2, 0.25) is 0 Å². The Bertz CT molecular complexity index is 91.3. The Morgan fingerprint density at radius 3 is 3.00 bits per heavy atom. The third kappa shape index (κ3) is 1.96. The van der Waals surface area contributed by atoms with Crippen molar-refractivity contribution >= 4 is 0 Å². The maximum absolute atomic E-state index is 3.51. The maximum atomic E-state index is 3.51. The normalized spacial score (nSPS) is 34.2. The van der Waals surface area contributed by atoms with Crippen LogP contribution in [0.5, 0.6) is 0 Å². The molecule has 1 aliphatic rings. The minimum Gasteiger partial charge on any atom is -0.318 e. The minimum absolute atomic E-state index is 0.707. The zero-order valence-corrected chi connectivity index (χ0v) is 6.98. The van der Waals surface area contributed by atoms with Crippen molar-refractivity contribution in [3.8, 4) is 0 Å². The lowest BCUT2D eigenvalue weighted by Gasteiger charge is -2.29. The van der Waals surface area contributed by atoms with Gasteiger partial charge in [-0.25, -0.2) is 0 Å². The number of hydrogen-bond donors (Lipinski definition) is 2. The van der Waals surface area contributed by atoms with Gasteiger partial charge in [0, 0.05) is 12.6 Å². The molecule has 0 radical (unpaired) electrons. The molecule has 10 heavy (non-hydrogen) atoms. The van der Waals surface area contributed by atoms with Gasteiger partial charge in [-0.3, -0.25) is 0 Å². The monoisotopic (exact) mass is 142 g/mol. The van der Waals surface area contributed by atoms with Gasteiger partial charge in [-0.15, -0.1) is 0 Å². The number of hydrogen-bond acceptors (Lipinski definition) is 2. The fraction of sp³-hybridized carbons (Fsp3) is 1.00. The van der Waals surface area contributed by atoms with E-state index in [2.05, 4.69) is 17.6 Å². The van der Waals surface area contributed by atoms with E-state index in [9.17, 15) is 0 Å². The molecule has 2 N–H and O–H groups in total. The van der Waals surface area contributed by atoms with Crippen LogP contribution in [0.15, 0.2) is 0 Å². The number of nitrogens with one attached hydrogen (secondary N) is 2. The standard InChI is InChI=1S/C8H18N2/c1-7-4-3-5-10-8(7)6-9-2/h7-10H,3-6H2,1-2H3. The molecule has 0 amide bonds. The number of piperidine rings is 1. The molecule has 0 aliphatic carbocycles. The van der Waals surface area contributed by atoms with E-state index in [1.807, 2.05) is 7.05 Å². The van der Waals surface area contributed by atoms with Gasteiger partial charge in [-0.1, -0.05) is 6.92 Å². The largest absolute Gasteiger partial charge is 0.318 e. The molecule has 2 heteroatoms. The molecular weight excluding hydrogens is 124 g/mol. The van der Waals surface area contributed by atoms with Gasteiger partial charge in [0.25, 0.3) is 0 Å². The zero-order chi connectivity index (χ0) is 7.40. The SMILES string of the molecule is CNCC1NCCCC1C. The summed E-state index contributed by atoms with van der Waals surface area (Å²) in [5, 5.41) is 6.71. The third-order valence-electron chi connectivity index (χ3n) is 2.35. The van der Waals surface area contributed by atoms with E-state index in [1.165, 1.54) is 19.4 Å². The van der Waals surface area contributed by atoms with Crippen LogP contribution in [0.4, 0.5) is 0 Å². The molecular formula is C8H18N2. The molecule has 2 nitrogen and oxygen atoms in total. The van der Waals surface area contributed by atoms with Crippen molar-refractivity contribution in [2.45, 2.75) is 25.8 Å². The Balaban J connectivity index is 2.25. The molecule has 0 aromatic carbocycles. The van der Waals surface area contributed by atoms with Crippen molar-refractivity contribution in [1.29, 1.82) is 0 Å². The van der Waals surface area contributed by atoms with Crippen molar-refractivity contribution in [2.75, 3.05) is 20.1 Å². The fourth-order valence-electron chi connectivity index (χ4n) is 1.61. The molecule has 60 valence electrons. The van der Waals surface area contributed by atoms with Crippen LogP contribution in [0.1, 0.15) is 19.8 Å². The summed E-state index contributed by atoms with van der Waals surface area (Å²) in [5.41, 5.74) is 0. The van der Waals surface area contributed by atoms with Gasteiger partial charge in [-0.2, -0.15) is 0 Å². The predicted molar refractivity (Wildman–Crippen MR) is 44.1 cm³/mol. The Hall–Kier alpha value is -0.0800. The molecule has 0 spiro atoms. The molecule has 1 fully saturated rings. The smallest absolute Gasteiger partial charge is 0.0217 e. The Labute approximate surface area is 63.4 Å². The first-order valence-corrected chi connectivity index (χ1v) is 4.22. The van der Waals surface area contributed by atoms with Gasteiger partial charge >= 0.3 is 0 Å². The summed E-state index contributed by atoms with van der Waals surface area (Å²) in [5.74, 6) is 0.848. The fourth-order valence-corrected chi connectivity index (χ4v) is 1.61. The molecule has 0 bridgehead atoms. The molecule has 1 rings (SSSR count). The van der Waals surface area contributed by atoms with Crippen LogP contribution in [0.3, 0.4) is 0 Å². The third-order valence-corrected chi connectivity index (χ3v) is 2.35. The molecule has 2 atom stereocenters. The molecule has 1 heterocycles. The van der Waals surface area contributed by atoms with Gasteiger partial charge in [0.1, 0.15) is 0 Å². The summed E-state index contributed by atoms with van der Waals surface area (Å²) in [7, 11) is 2.02. The van der Waals surface area contributed by atoms with Crippen LogP contribution < -0.4 is 10.6 Å². The van der Waals surface area contributed by atoms with E-state index in [1.54, 1.807) is 0 Å². The van der Waals surface area contributed by atoms with E-state index in [0.29, 0.717) is 6.04 Å². The van der Waals surface area contributed by atoms with Gasteiger partial charge in [0.2, 0.25) is 0 Å². The molecule has 2 unspecified atom stereocenters. The lowest BCUT2D eigenvalue weighted by atomic mass is 9.93. The molecule has 1 aliphatic heterocycles. The zero-order valence-electron chi connectivity index (χ0n) is 6.98. The second kappa shape index (κ2) is 3.94. The van der Waals surface area contributed by atoms with Crippen molar-refractivity contribution in [2.24, 2.45) is 5.92 Å². The summed E-state index contributed by atoms with van der Waals surface area (Å²) in [6.07, 6.45) is 2.74. The number of likely N-dealkylation sites (N-methyl/N-ethyl adjacent to an activating group) is 1. The minimum atomic E-state index is 0.707. The van der Waals surface area contributed by atoms with E-state index in [4.69, 9.17) is 0 Å². The molecule has 0 aromatic heterocycles. The van der Waals surface area contributed by atoms with Gasteiger partial charge in [-0.05, 0) is 32.4 Å². The van der Waals surface area contributed by atoms with Gasteiger partial charge in [0.05, 0.1) is 0 Å². The van der Waals surface area contributed by atoms with Gasteiger partial charge in [0.15, 0.2) is 0 Å². The van der Waals surface area contributed by atoms with E-state index in [-0.39, 0.29) is 0 Å². The highest BCUT2D eigenvalue weighted by Crippen LogP contribution is 2.14. The van der Waals surface area contributed by atoms with Crippen LogP contribution in [-0.4, -0.2) is 26.2 Å². The average Bonchev–Trinajstić information content (AvgIpc) is 1.94. The highest BCUT2D eigenvalue weighted by Gasteiger charge is 2.18. The molecule has 0 saturated carbocycles. The number of rotatable bonds is 2. The Morgan fingerprint density at radius 2 is 2.40 bits per heavy atom. The second-order valence-electron chi connectivity index (χ2n) is 3.24. The highest BCUT2D eigenvalue weighted by atomic mass is 15.0.